The maximum Gasteiger partial charge on any atom is 0.121 e. The molecule has 1 aromatic rings. The molecular formula is C7H3Br2N. The van der Waals surface area contributed by atoms with Gasteiger partial charge < -0.3 is 0 Å². The lowest BCUT2D eigenvalue weighted by Crippen LogP contribution is -1.78. The Bertz CT molecular complexity index is 285. The zero-order chi connectivity index (χ0) is 7.40. The topological polar surface area (TPSA) is 12.9 Å². The zero-order valence-corrected chi connectivity index (χ0v) is 8.11. The molecule has 0 saturated carbocycles. The molecule has 10 heavy (non-hydrogen) atoms. The van der Waals surface area contributed by atoms with Crippen molar-refractivity contribution in [2.75, 3.05) is 0 Å². The van der Waals surface area contributed by atoms with Gasteiger partial charge in [-0.05, 0) is 32.9 Å². The van der Waals surface area contributed by atoms with Gasteiger partial charge >= 0.3 is 0 Å². The maximum absolute atomic E-state index is 3.99. The minimum atomic E-state index is 0.780. The lowest BCUT2D eigenvalue weighted by atomic mass is 10.3. The Morgan fingerprint density at radius 2 is 2.30 bits per heavy atom. The summed E-state index contributed by atoms with van der Waals surface area (Å²) in [6.45, 7) is 0. The van der Waals surface area contributed by atoms with Gasteiger partial charge in [0.1, 0.15) is 4.60 Å². The Labute approximate surface area is 76.1 Å². The molecule has 0 spiro atoms. The summed E-state index contributed by atoms with van der Waals surface area (Å²) < 4.78 is 0.780. The van der Waals surface area contributed by atoms with Gasteiger partial charge in [0.05, 0.1) is 5.56 Å². The molecule has 1 aromatic heterocycles. The second-order valence-corrected chi connectivity index (χ2v) is 2.71. The molecule has 0 aliphatic carbocycles. The highest BCUT2D eigenvalue weighted by molar-refractivity contribution is 9.12. The third-order valence-electron chi connectivity index (χ3n) is 0.941. The second-order valence-electron chi connectivity index (χ2n) is 1.56. The minimum Gasteiger partial charge on any atom is -0.248 e. The average Bonchev–Trinajstić information content (AvgIpc) is 1.94. The van der Waals surface area contributed by atoms with Crippen molar-refractivity contribution in [3.8, 4) is 10.8 Å². The van der Waals surface area contributed by atoms with Crippen molar-refractivity contribution >= 4 is 31.9 Å². The van der Waals surface area contributed by atoms with Crippen LogP contribution in [0.15, 0.2) is 22.9 Å². The van der Waals surface area contributed by atoms with Gasteiger partial charge in [0.25, 0.3) is 0 Å². The van der Waals surface area contributed by atoms with Crippen LogP contribution in [0.2, 0.25) is 0 Å². The number of halogens is 2. The highest BCUT2D eigenvalue weighted by Crippen LogP contribution is 2.10. The van der Waals surface area contributed by atoms with Crippen LogP contribution in [0.25, 0.3) is 0 Å². The molecule has 0 amide bonds. The standard InChI is InChI=1S/C7H3Br2N/c8-4-3-6-2-1-5-10-7(6)9/h1-2,5H. The van der Waals surface area contributed by atoms with Gasteiger partial charge in [-0.3, -0.25) is 0 Å². The van der Waals surface area contributed by atoms with Crippen LogP contribution in [0.4, 0.5) is 0 Å². The van der Waals surface area contributed by atoms with Gasteiger partial charge in [-0.15, -0.1) is 0 Å². The third kappa shape index (κ3) is 1.83. The fourth-order valence-electron chi connectivity index (χ4n) is 0.530. The Balaban J connectivity index is 3.11. The predicted octanol–water partition coefficient (Wildman–Crippen LogP) is 2.55. The molecule has 0 saturated heterocycles. The molecule has 1 heterocycles. The lowest BCUT2D eigenvalue weighted by Gasteiger charge is -1.90. The van der Waals surface area contributed by atoms with E-state index >= 15 is 0 Å². The number of pyridine rings is 1. The first-order chi connectivity index (χ1) is 4.84. The van der Waals surface area contributed by atoms with Gasteiger partial charge in [-0.2, -0.15) is 0 Å². The van der Waals surface area contributed by atoms with Crippen molar-refractivity contribution in [2.24, 2.45) is 0 Å². The molecule has 0 unspecified atom stereocenters. The highest BCUT2D eigenvalue weighted by atomic mass is 79.9. The van der Waals surface area contributed by atoms with E-state index in [-0.39, 0.29) is 0 Å². The van der Waals surface area contributed by atoms with Crippen molar-refractivity contribution in [3.05, 3.63) is 28.5 Å². The van der Waals surface area contributed by atoms with E-state index in [0.29, 0.717) is 0 Å². The van der Waals surface area contributed by atoms with Crippen molar-refractivity contribution in [3.63, 3.8) is 0 Å². The lowest BCUT2D eigenvalue weighted by molar-refractivity contribution is 1.26. The van der Waals surface area contributed by atoms with Crippen molar-refractivity contribution in [2.45, 2.75) is 0 Å². The number of hydrogen-bond acceptors (Lipinski definition) is 1. The van der Waals surface area contributed by atoms with Crippen LogP contribution in [0, 0.1) is 10.8 Å². The van der Waals surface area contributed by atoms with E-state index in [1.165, 1.54) is 0 Å². The smallest absolute Gasteiger partial charge is 0.121 e. The average molecular weight is 261 g/mol. The molecule has 1 nitrogen and oxygen atoms in total. The molecular weight excluding hydrogens is 258 g/mol. The molecule has 50 valence electrons. The Kier molecular flexibility index (Phi) is 2.91. The van der Waals surface area contributed by atoms with Gasteiger partial charge in [0.15, 0.2) is 0 Å². The highest BCUT2D eigenvalue weighted by Gasteiger charge is 1.92. The van der Waals surface area contributed by atoms with Crippen LogP contribution in [-0.2, 0) is 0 Å². The van der Waals surface area contributed by atoms with Crippen LogP contribution in [0.3, 0.4) is 0 Å². The number of nitrogens with zero attached hydrogens (tertiary/aromatic N) is 1. The number of rotatable bonds is 0. The summed E-state index contributed by atoms with van der Waals surface area (Å²) >= 11 is 6.27. The SMILES string of the molecule is BrC#Cc1cccnc1Br. The Hall–Kier alpha value is -0.330. The fourth-order valence-corrected chi connectivity index (χ4v) is 1.09. The van der Waals surface area contributed by atoms with E-state index in [1.54, 1.807) is 6.20 Å². The largest absolute Gasteiger partial charge is 0.248 e. The first kappa shape index (κ1) is 7.77. The van der Waals surface area contributed by atoms with Crippen LogP contribution in [-0.4, -0.2) is 4.98 Å². The molecule has 0 atom stereocenters. The zero-order valence-electron chi connectivity index (χ0n) is 4.94. The molecule has 3 heteroatoms. The van der Waals surface area contributed by atoms with Crippen LogP contribution in [0.1, 0.15) is 5.56 Å². The van der Waals surface area contributed by atoms with Gasteiger partial charge in [-0.25, -0.2) is 4.98 Å². The molecule has 0 aliphatic rings. The minimum absolute atomic E-state index is 0.780. The summed E-state index contributed by atoms with van der Waals surface area (Å²) in [6, 6.07) is 3.74. The summed E-state index contributed by atoms with van der Waals surface area (Å²) in [5.41, 5.74) is 0.888. The molecule has 0 bridgehead atoms. The summed E-state index contributed by atoms with van der Waals surface area (Å²) in [4.78, 5) is 6.61. The Morgan fingerprint density at radius 3 is 2.90 bits per heavy atom. The summed E-state index contributed by atoms with van der Waals surface area (Å²) in [6.07, 6.45) is 1.71. The molecule has 1 rings (SSSR count). The molecule has 0 aromatic carbocycles. The van der Waals surface area contributed by atoms with Gasteiger partial charge in [-0.1, -0.05) is 5.92 Å². The first-order valence-corrected chi connectivity index (χ1v) is 4.15. The van der Waals surface area contributed by atoms with Gasteiger partial charge in [0, 0.05) is 22.1 Å². The monoisotopic (exact) mass is 259 g/mol. The predicted molar refractivity (Wildman–Crippen MR) is 47.7 cm³/mol. The first-order valence-electron chi connectivity index (χ1n) is 2.57. The van der Waals surface area contributed by atoms with Crippen LogP contribution in [0.5, 0.6) is 0 Å². The molecule has 0 N–H and O–H groups in total. The quantitative estimate of drug-likeness (QED) is 0.516. The van der Waals surface area contributed by atoms with E-state index in [0.717, 1.165) is 10.2 Å². The van der Waals surface area contributed by atoms with E-state index in [1.807, 2.05) is 12.1 Å². The van der Waals surface area contributed by atoms with Crippen LogP contribution < -0.4 is 0 Å². The van der Waals surface area contributed by atoms with E-state index < -0.39 is 0 Å². The van der Waals surface area contributed by atoms with E-state index in [2.05, 4.69) is 47.6 Å². The Morgan fingerprint density at radius 1 is 1.50 bits per heavy atom. The second kappa shape index (κ2) is 3.75. The van der Waals surface area contributed by atoms with E-state index in [9.17, 15) is 0 Å². The maximum atomic E-state index is 3.99. The molecule has 0 aliphatic heterocycles. The number of aromatic nitrogens is 1. The van der Waals surface area contributed by atoms with Crippen molar-refractivity contribution in [1.82, 2.24) is 4.98 Å². The van der Waals surface area contributed by atoms with Crippen LogP contribution >= 0.6 is 31.9 Å². The van der Waals surface area contributed by atoms with Gasteiger partial charge in [0.2, 0.25) is 0 Å². The van der Waals surface area contributed by atoms with E-state index in [4.69, 9.17) is 0 Å². The normalized spacial score (nSPS) is 8.20. The summed E-state index contributed by atoms with van der Waals surface area (Å²) in [7, 11) is 0. The summed E-state index contributed by atoms with van der Waals surface area (Å²) in [5, 5.41) is 0. The molecule has 0 radical (unpaired) electrons. The van der Waals surface area contributed by atoms with Crippen molar-refractivity contribution < 1.29 is 0 Å². The third-order valence-corrected chi connectivity index (χ3v) is 1.77. The summed E-state index contributed by atoms with van der Waals surface area (Å²) in [5.74, 6) is 2.83. The molecule has 0 fully saturated rings. The number of hydrogen-bond donors (Lipinski definition) is 0. The fraction of sp³-hybridized carbons (Fsp3) is 0. The van der Waals surface area contributed by atoms with Crippen molar-refractivity contribution in [1.29, 1.82) is 0 Å².